The number of benzene rings is 1. The molecule has 0 fully saturated rings. The van der Waals surface area contributed by atoms with Gasteiger partial charge in [-0.05, 0) is 39.0 Å². The number of aliphatic hydroxyl groups excluding tert-OH is 1. The third kappa shape index (κ3) is 4.40. The molecule has 0 saturated heterocycles. The van der Waals surface area contributed by atoms with Gasteiger partial charge in [-0.25, -0.2) is 4.98 Å². The summed E-state index contributed by atoms with van der Waals surface area (Å²) in [5.74, 6) is 1.08. The zero-order valence-corrected chi connectivity index (χ0v) is 16.2. The molecule has 4 N–H and O–H groups in total. The van der Waals surface area contributed by atoms with Crippen molar-refractivity contribution in [2.45, 2.75) is 39.5 Å². The number of nitrogens with zero attached hydrogens (tertiary/aromatic N) is 4. The second kappa shape index (κ2) is 7.98. The number of aromatic nitrogens is 4. The Morgan fingerprint density at radius 2 is 1.96 bits per heavy atom. The molecule has 0 saturated carbocycles. The van der Waals surface area contributed by atoms with Crippen LogP contribution in [0.3, 0.4) is 0 Å². The third-order valence-corrected chi connectivity index (χ3v) is 4.26. The van der Waals surface area contributed by atoms with Gasteiger partial charge in [0.15, 0.2) is 17.0 Å². The summed E-state index contributed by atoms with van der Waals surface area (Å²) in [5.41, 5.74) is 1.97. The normalized spacial score (nSPS) is 12.5. The standard InChI is InChI=1S/C18H23ClN6O2/c1-10(2)25-9-22-15-16(20-8-12-6-13(19)4-5-14(12)27)23-18(24-17(15)25)21-7-11(3)26/h4-6,9-11,26-27H,7-8H2,1-3H3,(H2,20,21,23,24). The zero-order valence-electron chi connectivity index (χ0n) is 15.4. The monoisotopic (exact) mass is 390 g/mol. The molecule has 144 valence electrons. The van der Waals surface area contributed by atoms with Gasteiger partial charge in [0.2, 0.25) is 5.95 Å². The predicted octanol–water partition coefficient (Wildman–Crippen LogP) is 3.17. The number of nitrogens with one attached hydrogen (secondary N) is 2. The number of phenols is 1. The first-order valence-corrected chi connectivity index (χ1v) is 9.10. The lowest BCUT2D eigenvalue weighted by molar-refractivity contribution is 0.208. The van der Waals surface area contributed by atoms with E-state index in [0.29, 0.717) is 46.6 Å². The molecule has 0 amide bonds. The van der Waals surface area contributed by atoms with Crippen molar-refractivity contribution < 1.29 is 10.2 Å². The molecule has 1 aromatic carbocycles. The molecule has 0 radical (unpaired) electrons. The fourth-order valence-electron chi connectivity index (χ4n) is 2.61. The van der Waals surface area contributed by atoms with Gasteiger partial charge in [0, 0.05) is 29.7 Å². The minimum Gasteiger partial charge on any atom is -0.508 e. The highest BCUT2D eigenvalue weighted by atomic mass is 35.5. The minimum atomic E-state index is -0.529. The number of aliphatic hydroxyl groups is 1. The van der Waals surface area contributed by atoms with Crippen molar-refractivity contribution in [1.29, 1.82) is 0 Å². The first-order valence-electron chi connectivity index (χ1n) is 8.73. The molecule has 2 heterocycles. The predicted molar refractivity (Wildman–Crippen MR) is 106 cm³/mol. The second-order valence-corrected chi connectivity index (χ2v) is 7.11. The second-order valence-electron chi connectivity index (χ2n) is 6.67. The number of phenolic OH excluding ortho intramolecular Hbond substituents is 1. The Kier molecular flexibility index (Phi) is 5.67. The number of imidazole rings is 1. The summed E-state index contributed by atoms with van der Waals surface area (Å²) >= 11 is 6.01. The highest BCUT2D eigenvalue weighted by Crippen LogP contribution is 2.26. The Labute approximate surface area is 162 Å². The molecule has 3 aromatic rings. The van der Waals surface area contributed by atoms with Gasteiger partial charge in [-0.1, -0.05) is 11.6 Å². The van der Waals surface area contributed by atoms with Gasteiger partial charge >= 0.3 is 0 Å². The Bertz CT molecular complexity index is 941. The highest BCUT2D eigenvalue weighted by Gasteiger charge is 2.15. The topological polar surface area (TPSA) is 108 Å². The lowest BCUT2D eigenvalue weighted by Crippen LogP contribution is -2.17. The van der Waals surface area contributed by atoms with Crippen LogP contribution in [0, 0.1) is 0 Å². The van der Waals surface area contributed by atoms with Crippen LogP contribution in [0.4, 0.5) is 11.8 Å². The van der Waals surface area contributed by atoms with E-state index in [-0.39, 0.29) is 11.8 Å². The molecule has 0 aliphatic heterocycles. The van der Waals surface area contributed by atoms with E-state index in [2.05, 4.69) is 25.6 Å². The summed E-state index contributed by atoms with van der Waals surface area (Å²) in [5, 5.41) is 26.3. The molecule has 0 aliphatic carbocycles. The average Bonchev–Trinajstić information content (AvgIpc) is 3.04. The molecule has 8 nitrogen and oxygen atoms in total. The first-order chi connectivity index (χ1) is 12.8. The van der Waals surface area contributed by atoms with E-state index in [0.717, 1.165) is 0 Å². The number of fused-ring (bicyclic) bond motifs is 1. The van der Waals surface area contributed by atoms with Crippen LogP contribution in [0.25, 0.3) is 11.2 Å². The van der Waals surface area contributed by atoms with Crippen LogP contribution in [0.5, 0.6) is 5.75 Å². The third-order valence-electron chi connectivity index (χ3n) is 4.02. The fraction of sp³-hybridized carbons (Fsp3) is 0.389. The maximum Gasteiger partial charge on any atom is 0.226 e. The van der Waals surface area contributed by atoms with E-state index >= 15 is 0 Å². The molecule has 9 heteroatoms. The van der Waals surface area contributed by atoms with Gasteiger partial charge in [-0.3, -0.25) is 0 Å². The number of halogens is 1. The van der Waals surface area contributed by atoms with Crippen LogP contribution in [-0.2, 0) is 6.54 Å². The maximum atomic E-state index is 10.0. The van der Waals surface area contributed by atoms with Gasteiger partial charge < -0.3 is 25.4 Å². The van der Waals surface area contributed by atoms with Crippen molar-refractivity contribution in [2.75, 3.05) is 17.2 Å². The number of hydrogen-bond acceptors (Lipinski definition) is 7. The Hall–Kier alpha value is -2.58. The van der Waals surface area contributed by atoms with Gasteiger partial charge in [-0.2, -0.15) is 9.97 Å². The van der Waals surface area contributed by atoms with E-state index in [1.165, 1.54) is 0 Å². The number of aromatic hydroxyl groups is 1. The maximum absolute atomic E-state index is 10.0. The molecular formula is C18H23ClN6O2. The van der Waals surface area contributed by atoms with E-state index < -0.39 is 6.10 Å². The summed E-state index contributed by atoms with van der Waals surface area (Å²) in [6.07, 6.45) is 1.20. The Morgan fingerprint density at radius 1 is 1.19 bits per heavy atom. The fourth-order valence-corrected chi connectivity index (χ4v) is 2.81. The van der Waals surface area contributed by atoms with Gasteiger partial charge in [0.1, 0.15) is 5.75 Å². The largest absolute Gasteiger partial charge is 0.508 e. The number of hydrogen-bond donors (Lipinski definition) is 4. The van der Waals surface area contributed by atoms with Crippen LogP contribution in [0.1, 0.15) is 32.4 Å². The summed E-state index contributed by atoms with van der Waals surface area (Å²) in [4.78, 5) is 13.4. The van der Waals surface area contributed by atoms with Crippen molar-refractivity contribution in [1.82, 2.24) is 19.5 Å². The van der Waals surface area contributed by atoms with E-state index in [9.17, 15) is 10.2 Å². The molecule has 0 aliphatic rings. The van der Waals surface area contributed by atoms with Crippen molar-refractivity contribution in [3.63, 3.8) is 0 Å². The van der Waals surface area contributed by atoms with Crippen LogP contribution in [-0.4, -0.2) is 42.4 Å². The summed E-state index contributed by atoms with van der Waals surface area (Å²) in [7, 11) is 0. The highest BCUT2D eigenvalue weighted by molar-refractivity contribution is 6.30. The lowest BCUT2D eigenvalue weighted by Gasteiger charge is -2.13. The smallest absolute Gasteiger partial charge is 0.226 e. The molecule has 3 rings (SSSR count). The molecule has 0 bridgehead atoms. The van der Waals surface area contributed by atoms with Crippen LogP contribution in [0.2, 0.25) is 5.02 Å². The van der Waals surface area contributed by atoms with E-state index in [4.69, 9.17) is 11.6 Å². The van der Waals surface area contributed by atoms with Gasteiger partial charge in [-0.15, -0.1) is 0 Å². The van der Waals surface area contributed by atoms with Gasteiger partial charge in [0.25, 0.3) is 0 Å². The van der Waals surface area contributed by atoms with Crippen molar-refractivity contribution in [3.8, 4) is 5.75 Å². The SMILES string of the molecule is CC(O)CNc1nc(NCc2cc(Cl)ccc2O)c2ncn(C(C)C)c2n1. The number of rotatable bonds is 7. The molecule has 2 aromatic heterocycles. The van der Waals surface area contributed by atoms with Crippen LogP contribution < -0.4 is 10.6 Å². The Balaban J connectivity index is 1.95. The lowest BCUT2D eigenvalue weighted by atomic mass is 10.2. The molecule has 0 spiro atoms. The van der Waals surface area contributed by atoms with Crippen molar-refractivity contribution in [2.24, 2.45) is 0 Å². The van der Waals surface area contributed by atoms with Crippen LogP contribution >= 0.6 is 11.6 Å². The first kappa shape index (κ1) is 19.2. The minimum absolute atomic E-state index is 0.150. The summed E-state index contributed by atoms with van der Waals surface area (Å²) < 4.78 is 1.95. The van der Waals surface area contributed by atoms with Crippen molar-refractivity contribution in [3.05, 3.63) is 35.1 Å². The van der Waals surface area contributed by atoms with Crippen molar-refractivity contribution >= 4 is 34.5 Å². The Morgan fingerprint density at radius 3 is 2.67 bits per heavy atom. The molecular weight excluding hydrogens is 368 g/mol. The molecule has 1 unspecified atom stereocenters. The number of anilines is 2. The zero-order chi connectivity index (χ0) is 19.6. The molecule has 27 heavy (non-hydrogen) atoms. The average molecular weight is 391 g/mol. The van der Waals surface area contributed by atoms with E-state index in [1.54, 1.807) is 31.5 Å². The summed E-state index contributed by atoms with van der Waals surface area (Å²) in [6.45, 7) is 6.43. The van der Waals surface area contributed by atoms with E-state index in [1.807, 2.05) is 18.4 Å². The van der Waals surface area contributed by atoms with Crippen LogP contribution in [0.15, 0.2) is 24.5 Å². The molecule has 1 atom stereocenters. The quantitative estimate of drug-likeness (QED) is 0.490. The summed E-state index contributed by atoms with van der Waals surface area (Å²) in [6, 6.07) is 5.06. The van der Waals surface area contributed by atoms with Gasteiger partial charge in [0.05, 0.1) is 12.4 Å².